The highest BCUT2D eigenvalue weighted by atomic mass is 19.1. The minimum absolute atomic E-state index is 0.117. The van der Waals surface area contributed by atoms with Crippen LogP contribution >= 0.6 is 0 Å². The lowest BCUT2D eigenvalue weighted by atomic mass is 9.95. The van der Waals surface area contributed by atoms with E-state index >= 15 is 0 Å². The third-order valence-electron chi connectivity index (χ3n) is 4.71. The summed E-state index contributed by atoms with van der Waals surface area (Å²) in [5, 5.41) is 15.4. The van der Waals surface area contributed by atoms with Crippen LogP contribution in [0.1, 0.15) is 30.9 Å². The molecule has 1 unspecified atom stereocenters. The molecule has 0 radical (unpaired) electrons. The number of benzene rings is 1. The van der Waals surface area contributed by atoms with Crippen molar-refractivity contribution in [2.24, 2.45) is 5.16 Å². The van der Waals surface area contributed by atoms with Crippen molar-refractivity contribution in [1.82, 2.24) is 10.2 Å². The predicted molar refractivity (Wildman–Crippen MR) is 97.3 cm³/mol. The van der Waals surface area contributed by atoms with Gasteiger partial charge in [-0.1, -0.05) is 11.2 Å². The Bertz CT molecular complexity index is 831. The number of aliphatic hydroxyl groups excluding tert-OH is 1. The van der Waals surface area contributed by atoms with Crippen molar-refractivity contribution in [3.63, 3.8) is 0 Å². The van der Waals surface area contributed by atoms with Crippen LogP contribution in [0.25, 0.3) is 5.57 Å². The van der Waals surface area contributed by atoms with E-state index in [4.69, 9.17) is 9.94 Å². The number of aliphatic hydroxyl groups is 1. The molecule has 28 heavy (non-hydrogen) atoms. The van der Waals surface area contributed by atoms with Crippen molar-refractivity contribution in [2.75, 3.05) is 26.2 Å². The van der Waals surface area contributed by atoms with Crippen molar-refractivity contribution < 1.29 is 28.3 Å². The number of carbonyl (C=O) groups excluding carboxylic acids is 2. The van der Waals surface area contributed by atoms with Crippen LogP contribution in [-0.4, -0.2) is 59.9 Å². The van der Waals surface area contributed by atoms with Gasteiger partial charge in [-0.2, -0.15) is 0 Å². The molecule has 0 aromatic heterocycles. The molecule has 1 aromatic rings. The van der Waals surface area contributed by atoms with E-state index < -0.39 is 24.1 Å². The summed E-state index contributed by atoms with van der Waals surface area (Å²) in [5.74, 6) is -2.04. The molecule has 1 atom stereocenters. The first-order valence-electron chi connectivity index (χ1n) is 8.93. The number of oxime groups is 1. The zero-order valence-electron chi connectivity index (χ0n) is 15.4. The zero-order chi connectivity index (χ0) is 20.3. The summed E-state index contributed by atoms with van der Waals surface area (Å²) in [7, 11) is 0. The quantitative estimate of drug-likeness (QED) is 0.787. The molecule has 0 aliphatic carbocycles. The second kappa shape index (κ2) is 8.47. The number of amides is 2. The highest BCUT2D eigenvalue weighted by molar-refractivity contribution is 6.01. The second-order valence-electron chi connectivity index (χ2n) is 6.70. The highest BCUT2D eigenvalue weighted by Crippen LogP contribution is 2.29. The largest absolute Gasteiger partial charge is 0.390 e. The van der Waals surface area contributed by atoms with E-state index in [1.165, 1.54) is 24.0 Å². The number of carbonyl (C=O) groups is 2. The van der Waals surface area contributed by atoms with Crippen molar-refractivity contribution in [3.8, 4) is 0 Å². The molecule has 9 heteroatoms. The van der Waals surface area contributed by atoms with Gasteiger partial charge in [-0.05, 0) is 24.1 Å². The molecular formula is C19H21F2N3O4. The Morgan fingerprint density at radius 1 is 1.36 bits per heavy atom. The fourth-order valence-electron chi connectivity index (χ4n) is 3.24. The number of halogens is 2. The van der Waals surface area contributed by atoms with E-state index in [-0.39, 0.29) is 42.8 Å². The monoisotopic (exact) mass is 393 g/mol. The molecule has 2 amide bonds. The van der Waals surface area contributed by atoms with Gasteiger partial charge in [0.05, 0.1) is 12.3 Å². The maximum absolute atomic E-state index is 14.7. The van der Waals surface area contributed by atoms with Gasteiger partial charge in [-0.3, -0.25) is 9.59 Å². The van der Waals surface area contributed by atoms with E-state index in [1.54, 1.807) is 6.08 Å². The third-order valence-corrected chi connectivity index (χ3v) is 4.71. The Hall–Kier alpha value is -2.81. The molecule has 0 fully saturated rings. The molecular weight excluding hydrogens is 372 g/mol. The van der Waals surface area contributed by atoms with E-state index in [0.29, 0.717) is 24.1 Å². The van der Waals surface area contributed by atoms with Gasteiger partial charge in [0, 0.05) is 37.6 Å². The topological polar surface area (TPSA) is 91.2 Å². The van der Waals surface area contributed by atoms with Crippen LogP contribution in [0.3, 0.4) is 0 Å². The highest BCUT2D eigenvalue weighted by Gasteiger charge is 2.26. The van der Waals surface area contributed by atoms with Crippen LogP contribution in [-0.2, 0) is 14.4 Å². The zero-order valence-corrected chi connectivity index (χ0v) is 15.4. The maximum Gasteiger partial charge on any atom is 0.248 e. The van der Waals surface area contributed by atoms with Gasteiger partial charge >= 0.3 is 0 Å². The first kappa shape index (κ1) is 19.9. The fraction of sp³-hybridized carbons (Fsp3) is 0.421. The number of nitrogens with zero attached hydrogens (tertiary/aromatic N) is 2. The lowest BCUT2D eigenvalue weighted by Gasteiger charge is -2.26. The summed E-state index contributed by atoms with van der Waals surface area (Å²) in [4.78, 5) is 29.1. The second-order valence-corrected chi connectivity index (χ2v) is 6.70. The van der Waals surface area contributed by atoms with Gasteiger partial charge < -0.3 is 20.2 Å². The molecule has 150 valence electrons. The summed E-state index contributed by atoms with van der Waals surface area (Å²) in [6.45, 7) is 1.55. The van der Waals surface area contributed by atoms with Crippen LogP contribution in [0, 0.1) is 11.6 Å². The number of hydrogen-bond acceptors (Lipinski definition) is 5. The molecule has 3 rings (SSSR count). The summed E-state index contributed by atoms with van der Waals surface area (Å²) >= 11 is 0. The Morgan fingerprint density at radius 2 is 2.07 bits per heavy atom. The van der Waals surface area contributed by atoms with Crippen LogP contribution in [0.15, 0.2) is 23.4 Å². The number of rotatable bonds is 5. The van der Waals surface area contributed by atoms with Gasteiger partial charge in [0.1, 0.15) is 24.3 Å². The average Bonchev–Trinajstić information content (AvgIpc) is 3.15. The molecule has 2 heterocycles. The molecule has 7 nitrogen and oxygen atoms in total. The van der Waals surface area contributed by atoms with Gasteiger partial charge in [0.15, 0.2) is 0 Å². The van der Waals surface area contributed by atoms with Crippen LogP contribution in [0.2, 0.25) is 0 Å². The van der Waals surface area contributed by atoms with E-state index in [0.717, 1.165) is 0 Å². The number of hydrogen-bond donors (Lipinski definition) is 2. The average molecular weight is 393 g/mol. The summed E-state index contributed by atoms with van der Waals surface area (Å²) in [6, 6.07) is 2.43. The minimum Gasteiger partial charge on any atom is -0.390 e. The van der Waals surface area contributed by atoms with Crippen LogP contribution in [0.4, 0.5) is 8.78 Å². The van der Waals surface area contributed by atoms with Gasteiger partial charge in [-0.15, -0.1) is 0 Å². The molecule has 1 aromatic carbocycles. The minimum atomic E-state index is -0.712. The molecule has 0 spiro atoms. The third kappa shape index (κ3) is 4.36. The Labute approximate surface area is 160 Å². The van der Waals surface area contributed by atoms with Crippen LogP contribution < -0.4 is 5.32 Å². The van der Waals surface area contributed by atoms with Crippen molar-refractivity contribution in [3.05, 3.63) is 41.0 Å². The van der Waals surface area contributed by atoms with E-state index in [2.05, 4.69) is 10.5 Å². The van der Waals surface area contributed by atoms with E-state index in [1.807, 2.05) is 0 Å². The van der Waals surface area contributed by atoms with Crippen molar-refractivity contribution in [1.29, 1.82) is 0 Å². The van der Waals surface area contributed by atoms with Gasteiger partial charge in [0.2, 0.25) is 11.8 Å². The first-order valence-corrected chi connectivity index (χ1v) is 8.93. The molecule has 2 N–H and O–H groups in total. The van der Waals surface area contributed by atoms with Crippen molar-refractivity contribution >= 4 is 23.1 Å². The lowest BCUT2D eigenvalue weighted by molar-refractivity contribution is -0.133. The van der Waals surface area contributed by atoms with Crippen molar-refractivity contribution in [2.45, 2.75) is 25.9 Å². The standard InChI is InChI=1S/C19H21F2N3O4/c1-11(26)22-9-14-8-17(23-28-14)13-6-15(20)19(16(21)7-13)12-2-4-24(5-3-12)18(27)10-25/h2,6-7,14,25H,3-5,8-10H2,1H3,(H,22,26). The molecule has 0 saturated heterocycles. The Kier molecular flexibility index (Phi) is 6.03. The molecule has 2 aliphatic rings. The SMILES string of the molecule is CC(=O)NCC1CC(c2cc(F)c(C3=CCN(C(=O)CO)CC3)c(F)c2)=NO1. The Morgan fingerprint density at radius 3 is 2.64 bits per heavy atom. The molecule has 2 aliphatic heterocycles. The fourth-order valence-corrected chi connectivity index (χ4v) is 3.24. The summed E-state index contributed by atoms with van der Waals surface area (Å²) in [6.07, 6.45) is 1.85. The summed E-state index contributed by atoms with van der Waals surface area (Å²) in [5.41, 5.74) is 1.07. The summed E-state index contributed by atoms with van der Waals surface area (Å²) < 4.78 is 29.3. The van der Waals surface area contributed by atoms with Crippen LogP contribution in [0.5, 0.6) is 0 Å². The number of nitrogens with one attached hydrogen (secondary N) is 1. The van der Waals surface area contributed by atoms with Gasteiger partial charge in [0.25, 0.3) is 0 Å². The first-order chi connectivity index (χ1) is 13.4. The van der Waals surface area contributed by atoms with E-state index in [9.17, 15) is 18.4 Å². The van der Waals surface area contributed by atoms with Gasteiger partial charge in [-0.25, -0.2) is 8.78 Å². The molecule has 0 bridgehead atoms. The molecule has 0 saturated carbocycles. The maximum atomic E-state index is 14.7. The lowest BCUT2D eigenvalue weighted by Crippen LogP contribution is -2.36. The normalized spacial score (nSPS) is 19.0. The smallest absolute Gasteiger partial charge is 0.248 e. The Balaban J connectivity index is 1.73. The predicted octanol–water partition coefficient (Wildman–Crippen LogP) is 1.20.